The minimum Gasteiger partial charge on any atom is -0.385 e. The SMILES string of the molecule is Cc1ccc(-n2c(N)cc(=O)nc2SCC(N)=O)cc1C. The molecule has 0 aliphatic rings. The first-order chi connectivity index (χ1) is 9.88. The van der Waals surface area contributed by atoms with E-state index in [1.54, 1.807) is 4.57 Å². The molecule has 0 atom stereocenters. The summed E-state index contributed by atoms with van der Waals surface area (Å²) < 4.78 is 1.64. The van der Waals surface area contributed by atoms with Crippen molar-refractivity contribution < 1.29 is 4.79 Å². The van der Waals surface area contributed by atoms with Gasteiger partial charge in [-0.2, -0.15) is 4.98 Å². The molecule has 1 amide bonds. The maximum absolute atomic E-state index is 11.5. The molecule has 0 fully saturated rings. The molecular formula is C14H16N4O2S. The number of benzene rings is 1. The fourth-order valence-corrected chi connectivity index (χ4v) is 2.60. The lowest BCUT2D eigenvalue weighted by molar-refractivity contribution is -0.115. The van der Waals surface area contributed by atoms with Crippen LogP contribution in [0.25, 0.3) is 5.69 Å². The quantitative estimate of drug-likeness (QED) is 0.648. The number of amides is 1. The number of hydrogen-bond acceptors (Lipinski definition) is 5. The van der Waals surface area contributed by atoms with E-state index in [4.69, 9.17) is 11.5 Å². The number of rotatable bonds is 4. The van der Waals surface area contributed by atoms with Crippen molar-refractivity contribution in [3.8, 4) is 5.69 Å². The fraction of sp³-hybridized carbons (Fsp3) is 0.214. The molecule has 6 nitrogen and oxygen atoms in total. The second-order valence-corrected chi connectivity index (χ2v) is 5.60. The second-order valence-electron chi connectivity index (χ2n) is 4.66. The van der Waals surface area contributed by atoms with Crippen LogP contribution in [0.1, 0.15) is 11.1 Å². The summed E-state index contributed by atoms with van der Waals surface area (Å²) in [6, 6.07) is 7.06. The number of nitrogens with zero attached hydrogens (tertiary/aromatic N) is 2. The Morgan fingerprint density at radius 2 is 2.00 bits per heavy atom. The van der Waals surface area contributed by atoms with E-state index in [0.29, 0.717) is 5.16 Å². The summed E-state index contributed by atoms with van der Waals surface area (Å²) >= 11 is 1.09. The zero-order chi connectivity index (χ0) is 15.6. The number of primary amides is 1. The first-order valence-corrected chi connectivity index (χ1v) is 7.25. The second kappa shape index (κ2) is 6.01. The van der Waals surface area contributed by atoms with Gasteiger partial charge in [0.15, 0.2) is 5.16 Å². The molecule has 110 valence electrons. The minimum absolute atomic E-state index is 0.0285. The van der Waals surface area contributed by atoms with E-state index in [1.807, 2.05) is 32.0 Å². The van der Waals surface area contributed by atoms with E-state index in [0.717, 1.165) is 28.6 Å². The van der Waals surface area contributed by atoms with E-state index < -0.39 is 11.5 Å². The highest BCUT2D eigenvalue weighted by atomic mass is 32.2. The summed E-state index contributed by atoms with van der Waals surface area (Å²) in [5, 5.41) is 0.349. The van der Waals surface area contributed by atoms with Crippen molar-refractivity contribution in [2.75, 3.05) is 11.5 Å². The van der Waals surface area contributed by atoms with Gasteiger partial charge in [-0.05, 0) is 37.1 Å². The summed E-state index contributed by atoms with van der Waals surface area (Å²) in [5.41, 5.74) is 13.7. The number of hydrogen-bond donors (Lipinski definition) is 2. The molecule has 0 saturated carbocycles. The van der Waals surface area contributed by atoms with Gasteiger partial charge in [0, 0.05) is 11.8 Å². The lowest BCUT2D eigenvalue weighted by atomic mass is 10.1. The predicted octanol–water partition coefficient (Wildman–Crippen LogP) is 1.01. The number of nitrogens with two attached hydrogens (primary N) is 2. The van der Waals surface area contributed by atoms with Crippen molar-refractivity contribution in [3.63, 3.8) is 0 Å². The Bertz CT molecular complexity index is 755. The number of aryl methyl sites for hydroxylation is 2. The standard InChI is InChI=1S/C14H16N4O2S/c1-8-3-4-10(5-9(8)2)18-11(15)6-13(20)17-14(18)21-7-12(16)19/h3-6H,7,15H2,1-2H3,(H2,16,19). The van der Waals surface area contributed by atoms with Gasteiger partial charge >= 0.3 is 0 Å². The Labute approximate surface area is 126 Å². The zero-order valence-electron chi connectivity index (χ0n) is 11.8. The Kier molecular flexibility index (Phi) is 4.32. The van der Waals surface area contributed by atoms with Gasteiger partial charge in [0.2, 0.25) is 5.91 Å². The normalized spacial score (nSPS) is 10.6. The van der Waals surface area contributed by atoms with Crippen LogP contribution in [-0.4, -0.2) is 21.2 Å². The van der Waals surface area contributed by atoms with Crippen LogP contribution in [0.3, 0.4) is 0 Å². The van der Waals surface area contributed by atoms with Gasteiger partial charge in [-0.3, -0.25) is 14.2 Å². The van der Waals surface area contributed by atoms with Crippen LogP contribution < -0.4 is 17.0 Å². The molecule has 4 N–H and O–H groups in total. The third-order valence-corrected chi connectivity index (χ3v) is 3.98. The van der Waals surface area contributed by atoms with Crippen LogP contribution in [0.2, 0.25) is 0 Å². The smallest absolute Gasteiger partial charge is 0.275 e. The Morgan fingerprint density at radius 3 is 2.62 bits per heavy atom. The Balaban J connectivity index is 2.57. The van der Waals surface area contributed by atoms with Gasteiger partial charge in [-0.25, -0.2) is 0 Å². The summed E-state index contributed by atoms with van der Waals surface area (Å²) in [6.45, 7) is 4.00. The maximum atomic E-state index is 11.5. The van der Waals surface area contributed by atoms with Gasteiger partial charge in [-0.1, -0.05) is 17.8 Å². The van der Waals surface area contributed by atoms with E-state index in [-0.39, 0.29) is 11.6 Å². The van der Waals surface area contributed by atoms with E-state index >= 15 is 0 Å². The zero-order valence-corrected chi connectivity index (χ0v) is 12.6. The highest BCUT2D eigenvalue weighted by molar-refractivity contribution is 7.99. The fourth-order valence-electron chi connectivity index (χ4n) is 1.83. The van der Waals surface area contributed by atoms with Gasteiger partial charge < -0.3 is 11.5 Å². The van der Waals surface area contributed by atoms with Crippen molar-refractivity contribution in [2.45, 2.75) is 19.0 Å². The van der Waals surface area contributed by atoms with Crippen LogP contribution in [0.5, 0.6) is 0 Å². The first-order valence-electron chi connectivity index (χ1n) is 6.27. The van der Waals surface area contributed by atoms with Crippen LogP contribution in [0.4, 0.5) is 5.82 Å². The predicted molar refractivity (Wildman–Crippen MR) is 83.6 cm³/mol. The van der Waals surface area contributed by atoms with Crippen molar-refractivity contribution >= 4 is 23.5 Å². The lowest BCUT2D eigenvalue weighted by Crippen LogP contribution is -2.19. The maximum Gasteiger partial charge on any atom is 0.275 e. The van der Waals surface area contributed by atoms with E-state index in [9.17, 15) is 9.59 Å². The number of carbonyl (C=O) groups is 1. The van der Waals surface area contributed by atoms with Crippen LogP contribution in [-0.2, 0) is 4.79 Å². The molecule has 0 bridgehead atoms. The highest BCUT2D eigenvalue weighted by Gasteiger charge is 2.12. The molecule has 2 aromatic rings. The molecule has 0 saturated heterocycles. The molecule has 7 heteroatoms. The monoisotopic (exact) mass is 304 g/mol. The molecule has 21 heavy (non-hydrogen) atoms. The number of thioether (sulfide) groups is 1. The van der Waals surface area contributed by atoms with Crippen molar-refractivity contribution in [3.05, 3.63) is 45.7 Å². The van der Waals surface area contributed by atoms with Crippen LogP contribution in [0.15, 0.2) is 34.2 Å². The topological polar surface area (TPSA) is 104 Å². The first kappa shape index (κ1) is 15.1. The summed E-state index contributed by atoms with van der Waals surface area (Å²) in [5.74, 6) is -0.186. The van der Waals surface area contributed by atoms with Crippen LogP contribution >= 0.6 is 11.8 Å². The van der Waals surface area contributed by atoms with Gasteiger partial charge in [-0.15, -0.1) is 0 Å². The van der Waals surface area contributed by atoms with Gasteiger partial charge in [0.05, 0.1) is 5.75 Å². The van der Waals surface area contributed by atoms with Crippen molar-refractivity contribution in [1.29, 1.82) is 0 Å². The minimum atomic E-state index is -0.483. The largest absolute Gasteiger partial charge is 0.385 e. The number of anilines is 1. The third-order valence-electron chi connectivity index (χ3n) is 3.02. The molecular weight excluding hydrogens is 288 g/mol. The van der Waals surface area contributed by atoms with Crippen molar-refractivity contribution in [2.24, 2.45) is 5.73 Å². The summed E-state index contributed by atoms with van der Waals surface area (Å²) in [6.07, 6.45) is 0. The number of aromatic nitrogens is 2. The molecule has 0 aliphatic carbocycles. The molecule has 2 rings (SSSR count). The molecule has 1 aromatic heterocycles. The third kappa shape index (κ3) is 3.43. The average molecular weight is 304 g/mol. The molecule has 0 unspecified atom stereocenters. The number of nitrogen functional groups attached to an aromatic ring is 1. The highest BCUT2D eigenvalue weighted by Crippen LogP contribution is 2.23. The Morgan fingerprint density at radius 1 is 1.29 bits per heavy atom. The molecule has 0 aliphatic heterocycles. The van der Waals surface area contributed by atoms with Crippen LogP contribution in [0, 0.1) is 13.8 Å². The number of carbonyl (C=O) groups excluding carboxylic acids is 1. The lowest BCUT2D eigenvalue weighted by Gasteiger charge is -2.15. The van der Waals surface area contributed by atoms with Gasteiger partial charge in [0.25, 0.3) is 5.56 Å². The summed E-state index contributed by atoms with van der Waals surface area (Å²) in [4.78, 5) is 26.4. The Hall–Kier alpha value is -2.28. The van der Waals surface area contributed by atoms with Gasteiger partial charge in [0.1, 0.15) is 5.82 Å². The molecule has 1 aromatic carbocycles. The average Bonchev–Trinajstić information content (AvgIpc) is 2.39. The van der Waals surface area contributed by atoms with E-state index in [1.165, 1.54) is 6.07 Å². The molecule has 0 spiro atoms. The van der Waals surface area contributed by atoms with Crippen molar-refractivity contribution in [1.82, 2.24) is 9.55 Å². The molecule has 0 radical (unpaired) electrons. The molecule has 1 heterocycles. The van der Waals surface area contributed by atoms with E-state index in [2.05, 4.69) is 4.98 Å². The summed E-state index contributed by atoms with van der Waals surface area (Å²) in [7, 11) is 0.